The molecule has 0 aliphatic heterocycles. The predicted octanol–water partition coefficient (Wildman–Crippen LogP) is 4.63. The minimum atomic E-state index is -0.159. The Hall–Kier alpha value is -0.360. The summed E-state index contributed by atoms with van der Waals surface area (Å²) in [6.45, 7) is 4.88. The fourth-order valence-corrected chi connectivity index (χ4v) is 3.44. The first-order valence-electron chi connectivity index (χ1n) is 6.36. The number of hydrogen-bond acceptors (Lipinski definition) is 2. The maximum Gasteiger partial charge on any atom is 0.0738 e. The second-order valence-electron chi connectivity index (χ2n) is 4.64. The van der Waals surface area contributed by atoms with Gasteiger partial charge in [-0.25, -0.2) is 0 Å². The quantitative estimate of drug-likeness (QED) is 0.782. The van der Waals surface area contributed by atoms with Crippen LogP contribution in [0.25, 0.3) is 0 Å². The summed E-state index contributed by atoms with van der Waals surface area (Å²) in [7, 11) is 0. The van der Waals surface area contributed by atoms with Crippen molar-refractivity contribution in [3.05, 3.63) is 49.1 Å². The number of aromatic nitrogens is 2. The highest BCUT2D eigenvalue weighted by Crippen LogP contribution is 2.30. The first-order valence-corrected chi connectivity index (χ1v) is 8.32. The van der Waals surface area contributed by atoms with Crippen LogP contribution in [0.2, 0.25) is 5.02 Å². The summed E-state index contributed by atoms with van der Waals surface area (Å²) in [5, 5.41) is 5.17. The van der Waals surface area contributed by atoms with E-state index in [1.54, 1.807) is 0 Å². The number of nitrogens with two attached hydrogens (primary N) is 1. The second-order valence-corrected chi connectivity index (χ2v) is 6.75. The Labute approximate surface area is 140 Å². The van der Waals surface area contributed by atoms with Crippen LogP contribution in [-0.2, 0) is 13.0 Å². The Balaban J connectivity index is 2.30. The van der Waals surface area contributed by atoms with Crippen molar-refractivity contribution < 1.29 is 0 Å². The van der Waals surface area contributed by atoms with E-state index in [9.17, 15) is 0 Å². The topological polar surface area (TPSA) is 43.8 Å². The molecule has 0 saturated carbocycles. The van der Waals surface area contributed by atoms with Crippen LogP contribution < -0.4 is 5.73 Å². The van der Waals surface area contributed by atoms with E-state index < -0.39 is 0 Å². The molecule has 20 heavy (non-hydrogen) atoms. The molecule has 0 aliphatic carbocycles. The van der Waals surface area contributed by atoms with E-state index in [2.05, 4.69) is 43.9 Å². The van der Waals surface area contributed by atoms with Crippen molar-refractivity contribution in [1.82, 2.24) is 9.78 Å². The second kappa shape index (κ2) is 6.60. The van der Waals surface area contributed by atoms with Crippen molar-refractivity contribution in [3.63, 3.8) is 0 Å². The molecule has 108 valence electrons. The SMILES string of the molecule is CCn1nc(C)c(Br)c1CC(N)c1ccc(Br)cc1Cl. The Morgan fingerprint density at radius 1 is 1.40 bits per heavy atom. The van der Waals surface area contributed by atoms with Crippen LogP contribution in [-0.4, -0.2) is 9.78 Å². The molecule has 1 unspecified atom stereocenters. The van der Waals surface area contributed by atoms with Crippen LogP contribution in [0.3, 0.4) is 0 Å². The Morgan fingerprint density at radius 2 is 2.10 bits per heavy atom. The number of rotatable bonds is 4. The fourth-order valence-electron chi connectivity index (χ4n) is 2.18. The van der Waals surface area contributed by atoms with Crippen molar-refractivity contribution in [2.75, 3.05) is 0 Å². The lowest BCUT2D eigenvalue weighted by molar-refractivity contribution is 0.586. The average Bonchev–Trinajstić information content (AvgIpc) is 2.66. The van der Waals surface area contributed by atoms with Gasteiger partial charge >= 0.3 is 0 Å². The summed E-state index contributed by atoms with van der Waals surface area (Å²) < 4.78 is 3.96. The largest absolute Gasteiger partial charge is 0.324 e. The van der Waals surface area contributed by atoms with E-state index in [1.165, 1.54) is 0 Å². The predicted molar refractivity (Wildman–Crippen MR) is 90.1 cm³/mol. The Morgan fingerprint density at radius 3 is 2.70 bits per heavy atom. The zero-order valence-electron chi connectivity index (χ0n) is 11.3. The smallest absolute Gasteiger partial charge is 0.0738 e. The summed E-state index contributed by atoms with van der Waals surface area (Å²) in [6.07, 6.45) is 0.691. The lowest BCUT2D eigenvalue weighted by Crippen LogP contribution is -2.17. The van der Waals surface area contributed by atoms with Crippen molar-refractivity contribution >= 4 is 43.5 Å². The molecule has 0 aliphatic rings. The molecule has 0 saturated heterocycles. The molecule has 0 fully saturated rings. The van der Waals surface area contributed by atoms with Gasteiger partial charge in [0.2, 0.25) is 0 Å². The van der Waals surface area contributed by atoms with Crippen LogP contribution in [0.4, 0.5) is 0 Å². The van der Waals surface area contributed by atoms with Gasteiger partial charge in [0, 0.05) is 28.5 Å². The normalized spacial score (nSPS) is 12.7. The summed E-state index contributed by atoms with van der Waals surface area (Å²) in [4.78, 5) is 0. The van der Waals surface area contributed by atoms with Crippen LogP contribution in [0.1, 0.15) is 29.9 Å². The van der Waals surface area contributed by atoms with E-state index in [0.29, 0.717) is 11.4 Å². The average molecular weight is 422 g/mol. The van der Waals surface area contributed by atoms with Gasteiger partial charge in [-0.05, 0) is 47.5 Å². The first-order chi connectivity index (χ1) is 9.43. The highest BCUT2D eigenvalue weighted by Gasteiger charge is 2.18. The van der Waals surface area contributed by atoms with Crippen LogP contribution in [0, 0.1) is 6.92 Å². The lowest BCUT2D eigenvalue weighted by Gasteiger charge is -2.15. The molecule has 0 radical (unpaired) electrons. The van der Waals surface area contributed by atoms with Gasteiger partial charge in [0.25, 0.3) is 0 Å². The van der Waals surface area contributed by atoms with Crippen molar-refractivity contribution in [1.29, 1.82) is 0 Å². The summed E-state index contributed by atoms with van der Waals surface area (Å²) >= 11 is 13.3. The molecule has 0 spiro atoms. The summed E-state index contributed by atoms with van der Waals surface area (Å²) in [6, 6.07) is 5.63. The zero-order chi connectivity index (χ0) is 14.9. The third kappa shape index (κ3) is 3.27. The molecule has 6 heteroatoms. The highest BCUT2D eigenvalue weighted by molar-refractivity contribution is 9.10. The van der Waals surface area contributed by atoms with Gasteiger partial charge in [0.1, 0.15) is 0 Å². The van der Waals surface area contributed by atoms with Crippen molar-refractivity contribution in [2.45, 2.75) is 32.9 Å². The molecule has 0 bridgehead atoms. The van der Waals surface area contributed by atoms with E-state index in [4.69, 9.17) is 17.3 Å². The molecule has 2 rings (SSSR count). The molecule has 1 aromatic heterocycles. The Bertz CT molecular complexity index is 625. The van der Waals surface area contributed by atoms with Gasteiger partial charge in [-0.3, -0.25) is 4.68 Å². The van der Waals surface area contributed by atoms with Crippen molar-refractivity contribution in [2.24, 2.45) is 5.73 Å². The maximum atomic E-state index is 6.32. The zero-order valence-corrected chi connectivity index (χ0v) is 15.3. The van der Waals surface area contributed by atoms with Crippen LogP contribution in [0.15, 0.2) is 27.1 Å². The highest BCUT2D eigenvalue weighted by atomic mass is 79.9. The molecule has 0 amide bonds. The third-order valence-corrected chi connectivity index (χ3v) is 5.08. The van der Waals surface area contributed by atoms with E-state index in [1.807, 2.05) is 29.8 Å². The van der Waals surface area contributed by atoms with Gasteiger partial charge in [-0.15, -0.1) is 0 Å². The summed E-state index contributed by atoms with van der Waals surface area (Å²) in [5.74, 6) is 0. The number of halogens is 3. The molecule has 2 aromatic rings. The van der Waals surface area contributed by atoms with Gasteiger partial charge in [-0.2, -0.15) is 5.10 Å². The molecule has 1 aromatic carbocycles. The molecular formula is C14H16Br2ClN3. The molecule has 1 heterocycles. The Kier molecular flexibility index (Phi) is 5.29. The fraction of sp³-hybridized carbons (Fsp3) is 0.357. The number of nitrogens with zero attached hydrogens (tertiary/aromatic N) is 2. The van der Waals surface area contributed by atoms with Gasteiger partial charge in [-0.1, -0.05) is 33.6 Å². The third-order valence-electron chi connectivity index (χ3n) is 3.23. The maximum absolute atomic E-state index is 6.32. The standard InChI is InChI=1S/C14H16Br2ClN3/c1-3-20-13(14(16)8(2)19-20)7-12(18)10-5-4-9(15)6-11(10)17/h4-6,12H,3,7,18H2,1-2H3. The molecule has 1 atom stereocenters. The minimum Gasteiger partial charge on any atom is -0.324 e. The van der Waals surface area contributed by atoms with E-state index in [0.717, 1.165) is 32.4 Å². The van der Waals surface area contributed by atoms with Crippen LogP contribution >= 0.6 is 43.5 Å². The number of hydrogen-bond donors (Lipinski definition) is 1. The molecule has 3 nitrogen and oxygen atoms in total. The van der Waals surface area contributed by atoms with Gasteiger partial charge in [0.15, 0.2) is 0 Å². The minimum absolute atomic E-state index is 0.159. The van der Waals surface area contributed by atoms with Gasteiger partial charge < -0.3 is 5.73 Å². The lowest BCUT2D eigenvalue weighted by atomic mass is 10.0. The number of aryl methyl sites for hydroxylation is 2. The van der Waals surface area contributed by atoms with Crippen molar-refractivity contribution in [3.8, 4) is 0 Å². The van der Waals surface area contributed by atoms with Crippen LogP contribution in [0.5, 0.6) is 0 Å². The summed E-state index contributed by atoms with van der Waals surface area (Å²) in [5.41, 5.74) is 9.36. The molecular weight excluding hydrogens is 405 g/mol. The van der Waals surface area contributed by atoms with E-state index >= 15 is 0 Å². The number of benzene rings is 1. The first kappa shape index (κ1) is 16.0. The van der Waals surface area contributed by atoms with E-state index in [-0.39, 0.29) is 6.04 Å². The monoisotopic (exact) mass is 419 g/mol. The van der Waals surface area contributed by atoms with Gasteiger partial charge in [0.05, 0.1) is 15.9 Å². The molecule has 2 N–H and O–H groups in total.